The highest BCUT2D eigenvalue weighted by Crippen LogP contribution is 2.26. The number of aromatic nitrogens is 5. The number of hydrogen-bond donors (Lipinski definition) is 1. The van der Waals surface area contributed by atoms with Gasteiger partial charge in [0.15, 0.2) is 5.65 Å². The Morgan fingerprint density at radius 1 is 1.11 bits per heavy atom. The van der Waals surface area contributed by atoms with E-state index in [9.17, 15) is 4.79 Å². The average Bonchev–Trinajstić information content (AvgIpc) is 3.13. The van der Waals surface area contributed by atoms with Gasteiger partial charge in [-0.05, 0) is 42.5 Å². The van der Waals surface area contributed by atoms with Crippen molar-refractivity contribution in [2.45, 2.75) is 5.03 Å². The number of fused-ring (bicyclic) bond motifs is 1. The summed E-state index contributed by atoms with van der Waals surface area (Å²) >= 11 is 13.3. The molecule has 0 unspecified atom stereocenters. The Morgan fingerprint density at radius 2 is 2.00 bits per heavy atom. The molecule has 7 nitrogen and oxygen atoms in total. The second-order valence-electron chi connectivity index (χ2n) is 5.64. The minimum atomic E-state index is -0.218. The van der Waals surface area contributed by atoms with E-state index in [1.807, 2.05) is 18.2 Å². The molecule has 0 radical (unpaired) electrons. The van der Waals surface area contributed by atoms with Gasteiger partial charge in [-0.3, -0.25) is 9.78 Å². The number of benzene rings is 1. The monoisotopic (exact) mass is 430 g/mol. The topological polar surface area (TPSA) is 85.1 Å². The largest absolute Gasteiger partial charge is 0.324 e. The van der Waals surface area contributed by atoms with Gasteiger partial charge in [-0.25, -0.2) is 0 Å². The number of rotatable bonds is 5. The van der Waals surface area contributed by atoms with Crippen LogP contribution in [-0.2, 0) is 4.79 Å². The number of nitrogens with one attached hydrogen (secondary N) is 1. The predicted molar refractivity (Wildman–Crippen MR) is 110 cm³/mol. The highest BCUT2D eigenvalue weighted by atomic mass is 35.5. The van der Waals surface area contributed by atoms with Gasteiger partial charge in [-0.1, -0.05) is 41.0 Å². The van der Waals surface area contributed by atoms with E-state index in [2.05, 4.69) is 25.6 Å². The normalized spacial score (nSPS) is 10.9. The lowest BCUT2D eigenvalue weighted by molar-refractivity contribution is -0.113. The maximum absolute atomic E-state index is 12.2. The maximum atomic E-state index is 12.2. The Kier molecular flexibility index (Phi) is 5.43. The summed E-state index contributed by atoms with van der Waals surface area (Å²) < 4.78 is 1.61. The van der Waals surface area contributed by atoms with Gasteiger partial charge in [0.25, 0.3) is 0 Å². The number of nitrogens with zero attached hydrogens (tertiary/aromatic N) is 5. The summed E-state index contributed by atoms with van der Waals surface area (Å²) in [7, 11) is 0. The lowest BCUT2D eigenvalue weighted by atomic mass is 10.3. The van der Waals surface area contributed by atoms with E-state index in [0.717, 1.165) is 0 Å². The van der Waals surface area contributed by atoms with E-state index in [4.69, 9.17) is 23.2 Å². The lowest BCUT2D eigenvalue weighted by Gasteiger charge is -2.07. The highest BCUT2D eigenvalue weighted by molar-refractivity contribution is 7.99. The van der Waals surface area contributed by atoms with Crippen LogP contribution in [0.15, 0.2) is 59.8 Å². The number of pyridine rings is 1. The van der Waals surface area contributed by atoms with E-state index in [-0.39, 0.29) is 11.7 Å². The Hall–Kier alpha value is -2.68. The van der Waals surface area contributed by atoms with Crippen LogP contribution < -0.4 is 5.32 Å². The molecular weight excluding hydrogens is 419 g/mol. The van der Waals surface area contributed by atoms with Gasteiger partial charge in [0, 0.05) is 11.2 Å². The summed E-state index contributed by atoms with van der Waals surface area (Å²) in [6, 6.07) is 14.0. The fourth-order valence-corrected chi connectivity index (χ4v) is 3.41. The molecular formula is C18H12Cl2N6OS. The number of amides is 1. The Morgan fingerprint density at radius 3 is 2.82 bits per heavy atom. The fraction of sp³-hybridized carbons (Fsp3) is 0.0556. The van der Waals surface area contributed by atoms with Crippen molar-refractivity contribution in [1.29, 1.82) is 0 Å². The summed E-state index contributed by atoms with van der Waals surface area (Å²) in [5.74, 6) is 0.473. The van der Waals surface area contributed by atoms with Crippen LogP contribution in [0.2, 0.25) is 10.0 Å². The molecule has 0 aliphatic heterocycles. The zero-order chi connectivity index (χ0) is 19.5. The van der Waals surface area contributed by atoms with Crippen LogP contribution in [0.5, 0.6) is 0 Å². The molecule has 0 saturated heterocycles. The zero-order valence-corrected chi connectivity index (χ0v) is 16.5. The summed E-state index contributed by atoms with van der Waals surface area (Å²) in [4.78, 5) is 16.5. The van der Waals surface area contributed by atoms with Crippen molar-refractivity contribution >= 4 is 52.2 Å². The number of anilines is 1. The smallest absolute Gasteiger partial charge is 0.234 e. The van der Waals surface area contributed by atoms with Gasteiger partial charge in [-0.15, -0.1) is 10.2 Å². The molecule has 3 heterocycles. The van der Waals surface area contributed by atoms with E-state index < -0.39 is 0 Å². The van der Waals surface area contributed by atoms with E-state index in [1.165, 1.54) is 11.8 Å². The third-order valence-electron chi connectivity index (χ3n) is 3.69. The van der Waals surface area contributed by atoms with Crippen molar-refractivity contribution in [1.82, 2.24) is 24.8 Å². The van der Waals surface area contributed by atoms with Gasteiger partial charge >= 0.3 is 0 Å². The SMILES string of the molecule is O=C(CSc1ccc2nnc(-c3ccccn3)n2n1)Nc1cc(Cl)ccc1Cl. The fourth-order valence-electron chi connectivity index (χ4n) is 2.42. The summed E-state index contributed by atoms with van der Waals surface area (Å²) in [6.07, 6.45) is 1.68. The Bertz CT molecular complexity index is 1150. The first-order valence-corrected chi connectivity index (χ1v) is 9.86. The van der Waals surface area contributed by atoms with Crippen LogP contribution >= 0.6 is 35.0 Å². The molecule has 3 aromatic heterocycles. The number of halogens is 2. The predicted octanol–water partition coefficient (Wildman–Crippen LogP) is 4.22. The van der Waals surface area contributed by atoms with Crippen molar-refractivity contribution in [3.05, 3.63) is 64.8 Å². The number of carbonyl (C=O) groups is 1. The minimum Gasteiger partial charge on any atom is -0.324 e. The molecule has 0 aliphatic carbocycles. The Balaban J connectivity index is 1.49. The summed E-state index contributed by atoms with van der Waals surface area (Å²) in [5, 5.41) is 17.1. The molecule has 0 bridgehead atoms. The van der Waals surface area contributed by atoms with Crippen molar-refractivity contribution in [2.24, 2.45) is 0 Å². The Labute approximate surface area is 174 Å². The second kappa shape index (κ2) is 8.14. The standard InChI is InChI=1S/C18H12Cl2N6OS/c19-11-4-5-12(20)14(9-11)22-16(27)10-28-17-7-6-15-23-24-18(26(15)25-17)13-3-1-2-8-21-13/h1-9H,10H2,(H,22,27). The molecule has 140 valence electrons. The van der Waals surface area contributed by atoms with Gasteiger partial charge < -0.3 is 5.32 Å². The molecule has 1 amide bonds. The maximum Gasteiger partial charge on any atom is 0.234 e. The van der Waals surface area contributed by atoms with Crippen LogP contribution in [0.3, 0.4) is 0 Å². The van der Waals surface area contributed by atoms with Crippen LogP contribution in [-0.4, -0.2) is 36.5 Å². The van der Waals surface area contributed by atoms with Crippen LogP contribution in [0.1, 0.15) is 0 Å². The molecule has 10 heteroatoms. The van der Waals surface area contributed by atoms with Crippen LogP contribution in [0, 0.1) is 0 Å². The molecule has 0 saturated carbocycles. The van der Waals surface area contributed by atoms with Crippen molar-refractivity contribution in [2.75, 3.05) is 11.1 Å². The zero-order valence-electron chi connectivity index (χ0n) is 14.2. The molecule has 4 rings (SSSR count). The third-order valence-corrected chi connectivity index (χ3v) is 5.17. The molecule has 0 spiro atoms. The third kappa shape index (κ3) is 4.09. The molecule has 1 N–H and O–H groups in total. The molecule has 1 aromatic carbocycles. The number of hydrogen-bond acceptors (Lipinski definition) is 6. The first-order chi connectivity index (χ1) is 13.6. The van der Waals surface area contributed by atoms with E-state index >= 15 is 0 Å². The van der Waals surface area contributed by atoms with E-state index in [1.54, 1.807) is 41.0 Å². The minimum absolute atomic E-state index is 0.155. The first-order valence-electron chi connectivity index (χ1n) is 8.12. The lowest BCUT2D eigenvalue weighted by Crippen LogP contribution is -2.14. The van der Waals surface area contributed by atoms with Gasteiger partial charge in [0.05, 0.1) is 16.5 Å². The van der Waals surface area contributed by atoms with Crippen molar-refractivity contribution < 1.29 is 4.79 Å². The second-order valence-corrected chi connectivity index (χ2v) is 7.48. The van der Waals surface area contributed by atoms with Gasteiger partial charge in [0.2, 0.25) is 11.7 Å². The summed E-state index contributed by atoms with van der Waals surface area (Å²) in [6.45, 7) is 0. The molecule has 0 aliphatic rings. The summed E-state index contributed by atoms with van der Waals surface area (Å²) in [5.41, 5.74) is 1.73. The molecule has 28 heavy (non-hydrogen) atoms. The quantitative estimate of drug-likeness (QED) is 0.477. The average molecular weight is 431 g/mol. The van der Waals surface area contributed by atoms with Crippen molar-refractivity contribution in [3.63, 3.8) is 0 Å². The van der Waals surface area contributed by atoms with Crippen molar-refractivity contribution in [3.8, 4) is 11.5 Å². The van der Waals surface area contributed by atoms with E-state index in [0.29, 0.717) is 37.9 Å². The number of thioether (sulfide) groups is 1. The first kappa shape index (κ1) is 18.7. The van der Waals surface area contributed by atoms with Gasteiger partial charge in [0.1, 0.15) is 10.7 Å². The number of carbonyl (C=O) groups excluding carboxylic acids is 1. The highest BCUT2D eigenvalue weighted by Gasteiger charge is 2.12. The molecule has 0 atom stereocenters. The van der Waals surface area contributed by atoms with Gasteiger partial charge in [-0.2, -0.15) is 9.61 Å². The van der Waals surface area contributed by atoms with Crippen LogP contribution in [0.4, 0.5) is 5.69 Å². The molecule has 0 fully saturated rings. The molecule has 4 aromatic rings. The van der Waals surface area contributed by atoms with Crippen LogP contribution in [0.25, 0.3) is 17.2 Å².